The van der Waals surface area contributed by atoms with Gasteiger partial charge in [-0.2, -0.15) is 0 Å². The molecule has 1 aliphatic heterocycles. The Hall–Kier alpha value is -4.96. The van der Waals surface area contributed by atoms with Crippen LogP contribution in [-0.2, 0) is 15.0 Å². The first kappa shape index (κ1) is 26.7. The third-order valence-electron chi connectivity index (χ3n) is 10.4. The van der Waals surface area contributed by atoms with Crippen LogP contribution in [-0.4, -0.2) is 11.8 Å². The maximum absolute atomic E-state index is 14.3. The number of nitrogens with zero attached hydrogens (tertiary/aromatic N) is 1. The summed E-state index contributed by atoms with van der Waals surface area (Å²) < 4.78 is 6.18. The number of hydrogen-bond donors (Lipinski definition) is 0. The number of imide groups is 1. The fraction of sp³-hybridized carbons (Fsp3) is 0.200. The Balaban J connectivity index is 1.07. The van der Waals surface area contributed by atoms with E-state index in [1.807, 2.05) is 73.7 Å². The fourth-order valence-corrected chi connectivity index (χ4v) is 8.12. The first-order chi connectivity index (χ1) is 21.3. The number of benzene rings is 5. The van der Waals surface area contributed by atoms with E-state index in [9.17, 15) is 9.59 Å². The minimum atomic E-state index is -0.852. The summed E-state index contributed by atoms with van der Waals surface area (Å²) in [5.74, 6) is 0.369. The quantitative estimate of drug-likeness (QED) is 0.197. The zero-order valence-corrected chi connectivity index (χ0v) is 25.0. The summed E-state index contributed by atoms with van der Waals surface area (Å²) in [6, 6.07) is 42.6. The lowest BCUT2D eigenvalue weighted by Crippen LogP contribution is -2.49. The molecule has 4 nitrogen and oxygen atoms in total. The van der Waals surface area contributed by atoms with E-state index in [-0.39, 0.29) is 29.1 Å². The van der Waals surface area contributed by atoms with E-state index in [1.165, 1.54) is 38.3 Å². The summed E-state index contributed by atoms with van der Waals surface area (Å²) in [4.78, 5) is 30.0. The number of hydrogen-bond acceptors (Lipinski definition) is 3. The molecule has 5 aromatic rings. The summed E-state index contributed by atoms with van der Waals surface area (Å²) >= 11 is 0. The zero-order valence-electron chi connectivity index (χ0n) is 25.0. The monoisotopic (exact) mass is 575 g/mol. The molecule has 1 fully saturated rings. The topological polar surface area (TPSA) is 46.6 Å². The van der Waals surface area contributed by atoms with Gasteiger partial charge in [-0.25, -0.2) is 4.90 Å². The Bertz CT molecular complexity index is 1880. The molecule has 2 bridgehead atoms. The summed E-state index contributed by atoms with van der Waals surface area (Å²) in [5.41, 5.74) is 6.72. The van der Waals surface area contributed by atoms with Crippen LogP contribution in [0.15, 0.2) is 127 Å². The van der Waals surface area contributed by atoms with Crippen molar-refractivity contribution >= 4 is 17.5 Å². The Kier molecular flexibility index (Phi) is 5.77. The lowest BCUT2D eigenvalue weighted by atomic mass is 9.48. The zero-order chi connectivity index (χ0) is 30.2. The molecule has 44 heavy (non-hydrogen) atoms. The van der Waals surface area contributed by atoms with Gasteiger partial charge < -0.3 is 4.74 Å². The normalized spacial score (nSPS) is 23.2. The third-order valence-corrected chi connectivity index (χ3v) is 10.4. The van der Waals surface area contributed by atoms with Crippen LogP contribution in [0.5, 0.6) is 11.5 Å². The fourth-order valence-electron chi connectivity index (χ4n) is 8.12. The van der Waals surface area contributed by atoms with E-state index in [4.69, 9.17) is 4.74 Å². The molecule has 2 unspecified atom stereocenters. The van der Waals surface area contributed by atoms with E-state index >= 15 is 0 Å². The van der Waals surface area contributed by atoms with E-state index in [2.05, 4.69) is 74.5 Å². The predicted molar refractivity (Wildman–Crippen MR) is 172 cm³/mol. The average molecular weight is 576 g/mol. The molecule has 5 aromatic carbocycles. The molecule has 216 valence electrons. The second-order valence-corrected chi connectivity index (χ2v) is 13.0. The largest absolute Gasteiger partial charge is 0.457 e. The van der Waals surface area contributed by atoms with Gasteiger partial charge in [0.1, 0.15) is 11.5 Å². The van der Waals surface area contributed by atoms with Crippen molar-refractivity contribution < 1.29 is 14.3 Å². The third kappa shape index (κ3) is 3.64. The highest BCUT2D eigenvalue weighted by molar-refractivity contribution is 6.25. The summed E-state index contributed by atoms with van der Waals surface area (Å²) in [5, 5.41) is 0. The Morgan fingerprint density at radius 2 is 1.09 bits per heavy atom. The number of ether oxygens (including phenoxy) is 1. The van der Waals surface area contributed by atoms with Gasteiger partial charge in [-0.15, -0.1) is 0 Å². The van der Waals surface area contributed by atoms with Gasteiger partial charge in [-0.1, -0.05) is 105 Å². The molecule has 9 rings (SSSR count). The molecule has 1 saturated heterocycles. The van der Waals surface area contributed by atoms with Crippen LogP contribution in [0, 0.1) is 11.3 Å². The molecule has 0 radical (unpaired) electrons. The molecule has 0 saturated carbocycles. The lowest BCUT2D eigenvalue weighted by Gasteiger charge is -2.51. The minimum absolute atomic E-state index is 0.123. The van der Waals surface area contributed by atoms with Crippen molar-refractivity contribution in [1.82, 2.24) is 0 Å². The van der Waals surface area contributed by atoms with Crippen molar-refractivity contribution in [1.29, 1.82) is 0 Å². The number of anilines is 1. The van der Waals surface area contributed by atoms with Crippen molar-refractivity contribution in [3.05, 3.63) is 161 Å². The van der Waals surface area contributed by atoms with Gasteiger partial charge in [0.25, 0.3) is 0 Å². The van der Waals surface area contributed by atoms with Crippen molar-refractivity contribution in [2.24, 2.45) is 11.3 Å². The smallest absolute Gasteiger partial charge is 0.241 e. The Morgan fingerprint density at radius 1 is 0.614 bits per heavy atom. The van der Waals surface area contributed by atoms with Gasteiger partial charge in [0.05, 0.1) is 17.0 Å². The van der Waals surface area contributed by atoms with Crippen LogP contribution in [0.4, 0.5) is 5.69 Å². The summed E-state index contributed by atoms with van der Waals surface area (Å²) in [6.45, 7) is 6.44. The Labute approximate surface area is 257 Å². The van der Waals surface area contributed by atoms with Gasteiger partial charge >= 0.3 is 0 Å². The molecule has 4 aliphatic rings. The number of rotatable bonds is 5. The standard InChI is InChI=1S/C40H33NO3/c1-39(2,25-11-5-4-6-12-25)26-17-21-28(22-18-26)44-29-23-19-27(20-24-29)41-37(42)36-34-30-13-7-9-15-32(30)35(40(36,3)38(41)43)33-16-10-8-14-31(33)34/h4-24,34-36H,1-3H3. The molecule has 4 heteroatoms. The highest BCUT2D eigenvalue weighted by Gasteiger charge is 2.68. The molecule has 0 N–H and O–H groups in total. The van der Waals surface area contributed by atoms with Gasteiger partial charge in [0, 0.05) is 17.3 Å². The molecular formula is C40H33NO3. The summed E-state index contributed by atoms with van der Waals surface area (Å²) in [7, 11) is 0. The predicted octanol–water partition coefficient (Wildman–Crippen LogP) is 8.59. The number of amides is 2. The van der Waals surface area contributed by atoms with Crippen molar-refractivity contribution in [2.75, 3.05) is 4.90 Å². The number of carbonyl (C=O) groups is 2. The molecule has 2 atom stereocenters. The highest BCUT2D eigenvalue weighted by atomic mass is 16.5. The molecule has 3 aliphatic carbocycles. The van der Waals surface area contributed by atoms with Crippen LogP contribution in [0.1, 0.15) is 66.0 Å². The van der Waals surface area contributed by atoms with E-state index < -0.39 is 11.3 Å². The molecule has 2 amide bonds. The first-order valence-corrected chi connectivity index (χ1v) is 15.3. The van der Waals surface area contributed by atoms with Gasteiger partial charge in [0.2, 0.25) is 11.8 Å². The second kappa shape index (κ2) is 9.52. The molecular weight excluding hydrogens is 542 g/mol. The van der Waals surface area contributed by atoms with Gasteiger partial charge in [-0.05, 0) is 76.7 Å². The molecule has 1 heterocycles. The van der Waals surface area contributed by atoms with Crippen LogP contribution < -0.4 is 9.64 Å². The summed E-state index contributed by atoms with van der Waals surface area (Å²) in [6.07, 6.45) is 0. The van der Waals surface area contributed by atoms with Crippen molar-refractivity contribution in [2.45, 2.75) is 38.0 Å². The van der Waals surface area contributed by atoms with E-state index in [0.717, 1.165) is 5.75 Å². The van der Waals surface area contributed by atoms with Gasteiger partial charge in [-0.3, -0.25) is 9.59 Å². The Morgan fingerprint density at radius 3 is 1.66 bits per heavy atom. The first-order valence-electron chi connectivity index (χ1n) is 15.3. The lowest BCUT2D eigenvalue weighted by molar-refractivity contribution is -0.128. The maximum Gasteiger partial charge on any atom is 0.241 e. The van der Waals surface area contributed by atoms with Crippen LogP contribution in [0.3, 0.4) is 0 Å². The van der Waals surface area contributed by atoms with Crippen LogP contribution in [0.2, 0.25) is 0 Å². The van der Waals surface area contributed by atoms with Gasteiger partial charge in [0.15, 0.2) is 0 Å². The number of carbonyl (C=O) groups excluding carboxylic acids is 2. The van der Waals surface area contributed by atoms with E-state index in [0.29, 0.717) is 11.4 Å². The van der Waals surface area contributed by atoms with Crippen molar-refractivity contribution in [3.8, 4) is 11.5 Å². The maximum atomic E-state index is 14.3. The van der Waals surface area contributed by atoms with Crippen molar-refractivity contribution in [3.63, 3.8) is 0 Å². The second-order valence-electron chi connectivity index (χ2n) is 13.0. The molecule has 0 spiro atoms. The highest BCUT2D eigenvalue weighted by Crippen LogP contribution is 2.67. The minimum Gasteiger partial charge on any atom is -0.457 e. The average Bonchev–Trinajstić information content (AvgIpc) is 3.27. The molecule has 0 aromatic heterocycles. The SMILES string of the molecule is CC(C)(c1ccccc1)c1ccc(Oc2ccc(N3C(=O)C4C5c6ccccc6C(c6ccccc65)C4(C)C3=O)cc2)cc1. The van der Waals surface area contributed by atoms with Crippen LogP contribution in [0.25, 0.3) is 0 Å². The van der Waals surface area contributed by atoms with Crippen LogP contribution >= 0.6 is 0 Å². The van der Waals surface area contributed by atoms with E-state index in [1.54, 1.807) is 0 Å².